The van der Waals surface area contributed by atoms with Crippen molar-refractivity contribution in [2.24, 2.45) is 0 Å². The molecule has 0 radical (unpaired) electrons. The maximum atomic E-state index is 4.53. The normalized spacial score (nSPS) is 16.3. The van der Waals surface area contributed by atoms with Gasteiger partial charge in [0.05, 0.1) is 0 Å². The summed E-state index contributed by atoms with van der Waals surface area (Å²) in [6.45, 7) is 6.05. The third kappa shape index (κ3) is 2.87. The van der Waals surface area contributed by atoms with Crippen LogP contribution in [0.25, 0.3) is 10.9 Å². The number of anilines is 1. The topological polar surface area (TPSA) is 44.3 Å². The van der Waals surface area contributed by atoms with Crippen LogP contribution in [0.2, 0.25) is 0 Å². The molecule has 5 nitrogen and oxygen atoms in total. The van der Waals surface area contributed by atoms with E-state index >= 15 is 0 Å². The molecule has 1 aliphatic rings. The first-order valence-electron chi connectivity index (χ1n) is 7.14. The fraction of sp³-hybridized carbons (Fsp3) is 0.400. The zero-order chi connectivity index (χ0) is 14.8. The molecule has 3 rings (SSSR count). The molecule has 0 aliphatic carbocycles. The van der Waals surface area contributed by atoms with E-state index in [4.69, 9.17) is 0 Å². The van der Waals surface area contributed by atoms with Crippen LogP contribution in [-0.4, -0.2) is 52.6 Å². The van der Waals surface area contributed by atoms with Gasteiger partial charge in [-0.1, -0.05) is 0 Å². The van der Waals surface area contributed by atoms with Crippen LogP contribution in [0, 0.1) is 6.92 Å². The van der Waals surface area contributed by atoms with Crippen LogP contribution in [0.5, 0.6) is 0 Å². The van der Waals surface area contributed by atoms with Gasteiger partial charge >= 0.3 is 133 Å². The summed E-state index contributed by atoms with van der Waals surface area (Å²) in [5.41, 5.74) is 2.26. The van der Waals surface area contributed by atoms with Crippen molar-refractivity contribution in [3.05, 3.63) is 30.1 Å². The fourth-order valence-electron chi connectivity index (χ4n) is 2.76. The monoisotopic (exact) mass is 320 g/mol. The summed E-state index contributed by atoms with van der Waals surface area (Å²) >= 11 is 2.60. The number of nitrogens with zero attached hydrogens (tertiary/aromatic N) is 4. The van der Waals surface area contributed by atoms with Crippen LogP contribution in [0.1, 0.15) is 5.56 Å². The Bertz CT molecular complexity index is 664. The molecule has 0 atom stereocenters. The van der Waals surface area contributed by atoms with E-state index in [9.17, 15) is 0 Å². The second kappa shape index (κ2) is 6.24. The number of aromatic nitrogens is 2. The Kier molecular flexibility index (Phi) is 4.36. The van der Waals surface area contributed by atoms with Crippen LogP contribution in [0.15, 0.2) is 24.5 Å². The first kappa shape index (κ1) is 14.7. The van der Waals surface area contributed by atoms with E-state index in [1.54, 1.807) is 6.33 Å². The van der Waals surface area contributed by atoms with Crippen molar-refractivity contribution in [1.29, 1.82) is 0 Å². The maximum absolute atomic E-state index is 4.53. The fourth-order valence-corrected chi connectivity index (χ4v) is 3.07. The number of fused-ring (bicyclic) bond motifs is 1. The molecule has 6 heteroatoms. The van der Waals surface area contributed by atoms with Crippen LogP contribution >= 0.6 is 0 Å². The second-order valence-corrected chi connectivity index (χ2v) is 5.88. The SMILES string of the molecule is CN[C](=[V])N1CCN(c2ncnc3c(C)cccc23)CC1. The number of nitrogens with one attached hydrogen (secondary N) is 1. The molecule has 1 aromatic heterocycles. The minimum absolute atomic E-state index is 0.975. The number of aryl methyl sites for hydroxylation is 1. The molecule has 1 aliphatic heterocycles. The molecule has 1 N–H and O–H groups in total. The number of piperazine rings is 1. The molecule has 1 fully saturated rings. The van der Waals surface area contributed by atoms with Gasteiger partial charge in [0.2, 0.25) is 0 Å². The van der Waals surface area contributed by atoms with Crippen molar-refractivity contribution < 1.29 is 17.0 Å². The average Bonchev–Trinajstić information content (AvgIpc) is 2.54. The van der Waals surface area contributed by atoms with Crippen molar-refractivity contribution in [1.82, 2.24) is 20.2 Å². The van der Waals surface area contributed by atoms with Gasteiger partial charge in [0.25, 0.3) is 0 Å². The van der Waals surface area contributed by atoms with Crippen molar-refractivity contribution in [3.8, 4) is 0 Å². The quantitative estimate of drug-likeness (QED) is 0.911. The molecule has 1 aromatic carbocycles. The van der Waals surface area contributed by atoms with Crippen LogP contribution in [-0.2, 0) is 17.0 Å². The van der Waals surface area contributed by atoms with E-state index in [1.807, 2.05) is 7.05 Å². The Morgan fingerprint density at radius 2 is 1.95 bits per heavy atom. The van der Waals surface area contributed by atoms with Crippen LogP contribution < -0.4 is 10.2 Å². The Hall–Kier alpha value is -1.27. The molecule has 0 amide bonds. The predicted octanol–water partition coefficient (Wildman–Crippen LogP) is 0.914. The van der Waals surface area contributed by atoms with Gasteiger partial charge in [-0.05, 0) is 0 Å². The molecule has 0 bridgehead atoms. The molecule has 109 valence electrons. The van der Waals surface area contributed by atoms with Crippen molar-refractivity contribution in [3.63, 3.8) is 0 Å². The molecule has 1 saturated heterocycles. The van der Waals surface area contributed by atoms with Gasteiger partial charge in [-0.2, -0.15) is 0 Å². The van der Waals surface area contributed by atoms with E-state index < -0.39 is 0 Å². The first-order valence-corrected chi connectivity index (χ1v) is 7.84. The summed E-state index contributed by atoms with van der Waals surface area (Å²) < 4.78 is 1.17. The Labute approximate surface area is 133 Å². The summed E-state index contributed by atoms with van der Waals surface area (Å²) in [6, 6.07) is 6.29. The molecule has 0 spiro atoms. The minimum atomic E-state index is 0.975. The van der Waals surface area contributed by atoms with Crippen LogP contribution in [0.3, 0.4) is 0 Å². The number of benzene rings is 1. The Balaban J connectivity index is 1.86. The average molecular weight is 320 g/mol. The molecule has 0 unspecified atom stereocenters. The van der Waals surface area contributed by atoms with Crippen molar-refractivity contribution in [2.75, 3.05) is 38.1 Å². The Morgan fingerprint density at radius 1 is 1.19 bits per heavy atom. The van der Waals surface area contributed by atoms with E-state index in [-0.39, 0.29) is 0 Å². The molecular weight excluding hydrogens is 301 g/mol. The van der Waals surface area contributed by atoms with Gasteiger partial charge < -0.3 is 0 Å². The molecule has 2 heterocycles. The van der Waals surface area contributed by atoms with Crippen molar-refractivity contribution >= 4 is 21.2 Å². The van der Waals surface area contributed by atoms with E-state index in [0.717, 1.165) is 42.9 Å². The van der Waals surface area contributed by atoms with Gasteiger partial charge in [0.1, 0.15) is 0 Å². The first-order chi connectivity index (χ1) is 10.2. The summed E-state index contributed by atoms with van der Waals surface area (Å²) in [7, 11) is 1.96. The number of hydrogen-bond donors (Lipinski definition) is 1. The van der Waals surface area contributed by atoms with Gasteiger partial charge in [0.15, 0.2) is 0 Å². The summed E-state index contributed by atoms with van der Waals surface area (Å²) in [6.07, 6.45) is 1.68. The van der Waals surface area contributed by atoms with E-state index in [0.29, 0.717) is 0 Å². The van der Waals surface area contributed by atoms with E-state index in [2.05, 4.69) is 67.2 Å². The number of rotatable bonds is 3. The van der Waals surface area contributed by atoms with E-state index in [1.165, 1.54) is 10.0 Å². The third-order valence-corrected chi connectivity index (χ3v) is 4.74. The summed E-state index contributed by atoms with van der Waals surface area (Å²) in [5.74, 6) is 1.06. The van der Waals surface area contributed by atoms with Gasteiger partial charge in [0, 0.05) is 0 Å². The predicted molar refractivity (Wildman–Crippen MR) is 82.1 cm³/mol. The Morgan fingerprint density at radius 3 is 2.67 bits per heavy atom. The zero-order valence-electron chi connectivity index (χ0n) is 12.4. The zero-order valence-corrected chi connectivity index (χ0v) is 13.8. The summed E-state index contributed by atoms with van der Waals surface area (Å²) in [4.78, 5) is 13.7. The van der Waals surface area contributed by atoms with Crippen molar-refractivity contribution in [2.45, 2.75) is 6.92 Å². The summed E-state index contributed by atoms with van der Waals surface area (Å²) in [5, 5.41) is 4.35. The standard InChI is InChI=1S/C15H19N5.V/c1-12-4-3-5-13-14(12)17-10-18-15(13)20-8-6-19(7-9-20)11-16-2;/h3-5,10,16H,6-9H2,1-2H3;. The van der Waals surface area contributed by atoms with Gasteiger partial charge in [-0.25, -0.2) is 0 Å². The number of hydrogen-bond acceptors (Lipinski definition) is 5. The molecule has 2 aromatic rings. The molecule has 0 saturated carbocycles. The number of para-hydroxylation sites is 1. The third-order valence-electron chi connectivity index (χ3n) is 3.95. The second-order valence-electron chi connectivity index (χ2n) is 5.22. The van der Waals surface area contributed by atoms with Crippen LogP contribution in [0.4, 0.5) is 5.82 Å². The van der Waals surface area contributed by atoms with Gasteiger partial charge in [-0.15, -0.1) is 0 Å². The molecule has 21 heavy (non-hydrogen) atoms. The molecular formula is C15H19N5V. The van der Waals surface area contributed by atoms with Gasteiger partial charge in [-0.3, -0.25) is 0 Å².